The maximum absolute atomic E-state index is 12.3. The molecule has 0 saturated carbocycles. The number of morpholine rings is 1. The van der Waals surface area contributed by atoms with E-state index in [2.05, 4.69) is 10.7 Å². The van der Waals surface area contributed by atoms with Crippen LogP contribution in [0.1, 0.15) is 22.8 Å². The number of ether oxygens (including phenoxy) is 1. The molecule has 104 valence electrons. The summed E-state index contributed by atoms with van der Waals surface area (Å²) >= 11 is 0. The molecule has 1 amide bonds. The molecule has 0 radical (unpaired) electrons. The van der Waals surface area contributed by atoms with Crippen LogP contribution in [0.2, 0.25) is 0 Å². The number of anilines is 1. The Morgan fingerprint density at radius 2 is 2.11 bits per heavy atom. The second kappa shape index (κ2) is 6.54. The molecule has 2 N–H and O–H groups in total. The summed E-state index contributed by atoms with van der Waals surface area (Å²) in [6, 6.07) is 5.82. The van der Waals surface area contributed by atoms with Gasteiger partial charge in [0.2, 0.25) is 0 Å². The molecule has 0 aromatic heterocycles. The van der Waals surface area contributed by atoms with Gasteiger partial charge in [-0.1, -0.05) is 6.07 Å². The molecule has 1 aliphatic rings. The van der Waals surface area contributed by atoms with E-state index < -0.39 is 0 Å². The number of aryl methyl sites for hydroxylation is 1. The van der Waals surface area contributed by atoms with Gasteiger partial charge in [0.25, 0.3) is 5.91 Å². The molecule has 5 heteroatoms. The van der Waals surface area contributed by atoms with E-state index >= 15 is 0 Å². The van der Waals surface area contributed by atoms with Gasteiger partial charge >= 0.3 is 0 Å². The monoisotopic (exact) mass is 263 g/mol. The minimum atomic E-state index is -0.0714. The molecule has 0 unspecified atom stereocenters. The molecule has 2 rings (SSSR count). The van der Waals surface area contributed by atoms with Crippen LogP contribution in [0.15, 0.2) is 18.2 Å². The number of benzene rings is 1. The van der Waals surface area contributed by atoms with Crippen molar-refractivity contribution < 1.29 is 9.53 Å². The van der Waals surface area contributed by atoms with E-state index in [-0.39, 0.29) is 5.91 Å². The highest BCUT2D eigenvalue weighted by Gasteiger charge is 2.16. The Labute approximate surface area is 113 Å². The fraction of sp³-hybridized carbons (Fsp3) is 0.500. The summed E-state index contributed by atoms with van der Waals surface area (Å²) in [6.07, 6.45) is 0. The Bertz CT molecular complexity index is 442. The van der Waals surface area contributed by atoms with Crippen LogP contribution in [0.3, 0.4) is 0 Å². The lowest BCUT2D eigenvalue weighted by Crippen LogP contribution is -2.48. The first-order chi connectivity index (χ1) is 9.20. The van der Waals surface area contributed by atoms with E-state index in [1.165, 1.54) is 0 Å². The number of hydrogen-bond acceptors (Lipinski definition) is 4. The number of carbonyl (C=O) groups is 1. The lowest BCUT2D eigenvalue weighted by molar-refractivity contribution is 0.0126. The molecular formula is C14H21N3O2. The predicted octanol–water partition coefficient (Wildman–Crippen LogP) is 1.40. The molecule has 0 bridgehead atoms. The van der Waals surface area contributed by atoms with Crippen LogP contribution in [-0.4, -0.2) is 43.8 Å². The minimum absolute atomic E-state index is 0.0714. The zero-order valence-corrected chi connectivity index (χ0v) is 11.5. The highest BCUT2D eigenvalue weighted by molar-refractivity contribution is 5.99. The average Bonchev–Trinajstić information content (AvgIpc) is 2.40. The molecular weight excluding hydrogens is 242 g/mol. The van der Waals surface area contributed by atoms with Gasteiger partial charge in [-0.05, 0) is 31.5 Å². The lowest BCUT2D eigenvalue weighted by atomic mass is 10.1. The van der Waals surface area contributed by atoms with E-state index in [1.54, 1.807) is 0 Å². The van der Waals surface area contributed by atoms with Crippen LogP contribution in [0.25, 0.3) is 0 Å². The molecule has 1 aromatic carbocycles. The van der Waals surface area contributed by atoms with Gasteiger partial charge in [-0.2, -0.15) is 0 Å². The molecule has 5 nitrogen and oxygen atoms in total. The summed E-state index contributed by atoms with van der Waals surface area (Å²) in [4.78, 5) is 12.3. The Hall–Kier alpha value is -1.59. The van der Waals surface area contributed by atoms with Gasteiger partial charge in [0.1, 0.15) is 0 Å². The third kappa shape index (κ3) is 3.68. The lowest BCUT2D eigenvalue weighted by Gasteiger charge is -2.27. The Morgan fingerprint density at radius 1 is 1.37 bits per heavy atom. The summed E-state index contributed by atoms with van der Waals surface area (Å²) in [5, 5.41) is 5.14. The van der Waals surface area contributed by atoms with E-state index in [0.29, 0.717) is 18.8 Å². The SMILES string of the molecule is CCNc1cc(C)ccc1C(=O)NN1CCOCC1. The van der Waals surface area contributed by atoms with Crippen molar-refractivity contribution in [2.75, 3.05) is 38.2 Å². The molecule has 1 aromatic rings. The van der Waals surface area contributed by atoms with Crippen molar-refractivity contribution in [3.8, 4) is 0 Å². The van der Waals surface area contributed by atoms with Crippen LogP contribution in [-0.2, 0) is 4.74 Å². The second-order valence-electron chi connectivity index (χ2n) is 4.62. The van der Waals surface area contributed by atoms with Crippen molar-refractivity contribution >= 4 is 11.6 Å². The van der Waals surface area contributed by atoms with Gasteiger partial charge < -0.3 is 10.1 Å². The van der Waals surface area contributed by atoms with Crippen LogP contribution in [0.4, 0.5) is 5.69 Å². The third-order valence-electron chi connectivity index (χ3n) is 3.06. The molecule has 0 aliphatic carbocycles. The highest BCUT2D eigenvalue weighted by atomic mass is 16.5. The van der Waals surface area contributed by atoms with Gasteiger partial charge in [0.15, 0.2) is 0 Å². The van der Waals surface area contributed by atoms with Crippen molar-refractivity contribution in [1.29, 1.82) is 0 Å². The van der Waals surface area contributed by atoms with Crippen LogP contribution >= 0.6 is 0 Å². The number of amides is 1. The van der Waals surface area contributed by atoms with Crippen molar-refractivity contribution in [3.05, 3.63) is 29.3 Å². The summed E-state index contributed by atoms with van der Waals surface area (Å²) in [7, 11) is 0. The number of hydrogen-bond donors (Lipinski definition) is 2. The number of rotatable bonds is 4. The zero-order valence-electron chi connectivity index (χ0n) is 11.5. The number of carbonyl (C=O) groups excluding carboxylic acids is 1. The second-order valence-corrected chi connectivity index (χ2v) is 4.62. The average molecular weight is 263 g/mol. The quantitative estimate of drug-likeness (QED) is 0.862. The Kier molecular flexibility index (Phi) is 4.76. The fourth-order valence-electron chi connectivity index (χ4n) is 2.07. The normalized spacial score (nSPS) is 16.1. The van der Waals surface area contributed by atoms with Crippen LogP contribution < -0.4 is 10.7 Å². The van der Waals surface area contributed by atoms with Gasteiger partial charge in [0.05, 0.1) is 18.8 Å². The van der Waals surface area contributed by atoms with Crippen molar-refractivity contribution in [2.24, 2.45) is 0 Å². The van der Waals surface area contributed by atoms with Crippen LogP contribution in [0, 0.1) is 6.92 Å². The third-order valence-corrected chi connectivity index (χ3v) is 3.06. The molecule has 1 aliphatic heterocycles. The maximum Gasteiger partial charge on any atom is 0.267 e. The van der Waals surface area contributed by atoms with Crippen LogP contribution in [0.5, 0.6) is 0 Å². The minimum Gasteiger partial charge on any atom is -0.385 e. The maximum atomic E-state index is 12.3. The topological polar surface area (TPSA) is 53.6 Å². The summed E-state index contributed by atoms with van der Waals surface area (Å²) in [5.41, 5.74) is 5.63. The smallest absolute Gasteiger partial charge is 0.267 e. The molecule has 0 spiro atoms. The fourth-order valence-corrected chi connectivity index (χ4v) is 2.07. The molecule has 0 atom stereocenters. The van der Waals surface area contributed by atoms with Crippen molar-refractivity contribution in [2.45, 2.75) is 13.8 Å². The first kappa shape index (κ1) is 13.8. The van der Waals surface area contributed by atoms with Gasteiger partial charge in [-0.3, -0.25) is 10.2 Å². The van der Waals surface area contributed by atoms with E-state index in [1.807, 2.05) is 37.1 Å². The summed E-state index contributed by atoms with van der Waals surface area (Å²) in [6.45, 7) is 7.61. The standard InChI is InChI=1S/C14H21N3O2/c1-3-15-13-10-11(2)4-5-12(13)14(18)16-17-6-8-19-9-7-17/h4-5,10,15H,3,6-9H2,1-2H3,(H,16,18). The number of hydrazine groups is 1. The molecule has 1 saturated heterocycles. The predicted molar refractivity (Wildman–Crippen MR) is 75.2 cm³/mol. The van der Waals surface area contributed by atoms with Crippen molar-refractivity contribution in [1.82, 2.24) is 10.4 Å². The van der Waals surface area contributed by atoms with E-state index in [4.69, 9.17) is 4.74 Å². The van der Waals surface area contributed by atoms with Gasteiger partial charge in [0, 0.05) is 25.3 Å². The molecule has 19 heavy (non-hydrogen) atoms. The first-order valence-electron chi connectivity index (χ1n) is 6.69. The van der Waals surface area contributed by atoms with Gasteiger partial charge in [-0.25, -0.2) is 5.01 Å². The first-order valence-corrected chi connectivity index (χ1v) is 6.69. The zero-order chi connectivity index (χ0) is 13.7. The van der Waals surface area contributed by atoms with E-state index in [9.17, 15) is 4.79 Å². The molecule has 1 heterocycles. The summed E-state index contributed by atoms with van der Waals surface area (Å²) < 4.78 is 5.26. The Balaban J connectivity index is 2.08. The largest absolute Gasteiger partial charge is 0.385 e. The highest BCUT2D eigenvalue weighted by Crippen LogP contribution is 2.17. The Morgan fingerprint density at radius 3 is 2.79 bits per heavy atom. The number of nitrogens with one attached hydrogen (secondary N) is 2. The number of nitrogens with zero attached hydrogens (tertiary/aromatic N) is 1. The van der Waals surface area contributed by atoms with Crippen molar-refractivity contribution in [3.63, 3.8) is 0 Å². The van der Waals surface area contributed by atoms with Gasteiger partial charge in [-0.15, -0.1) is 0 Å². The van der Waals surface area contributed by atoms with E-state index in [0.717, 1.165) is 30.9 Å². The summed E-state index contributed by atoms with van der Waals surface area (Å²) in [5.74, 6) is -0.0714. The molecule has 1 fully saturated rings.